The SMILES string of the molecule is CCOC(=O)c1ccc(CNC(=NC)NCCN(C)CCCOC)cc1.I. The molecule has 7 nitrogen and oxygen atoms in total. The Kier molecular flexibility index (Phi) is 14.8. The summed E-state index contributed by atoms with van der Waals surface area (Å²) in [5.74, 6) is 0.462. The zero-order valence-corrected chi connectivity index (χ0v) is 19.1. The average molecular weight is 492 g/mol. The summed E-state index contributed by atoms with van der Waals surface area (Å²) in [7, 11) is 5.57. The third-order valence-electron chi connectivity index (χ3n) is 3.82. The number of hydrogen-bond acceptors (Lipinski definition) is 5. The van der Waals surface area contributed by atoms with Gasteiger partial charge in [0.05, 0.1) is 12.2 Å². The lowest BCUT2D eigenvalue weighted by Gasteiger charge is -2.18. The Morgan fingerprint density at radius 1 is 1.19 bits per heavy atom. The maximum atomic E-state index is 11.6. The highest BCUT2D eigenvalue weighted by Crippen LogP contribution is 2.06. The van der Waals surface area contributed by atoms with Gasteiger partial charge in [-0.25, -0.2) is 4.79 Å². The van der Waals surface area contributed by atoms with E-state index in [9.17, 15) is 4.79 Å². The molecule has 8 heteroatoms. The molecular formula is C19H33IN4O3. The van der Waals surface area contributed by atoms with Crippen molar-refractivity contribution >= 4 is 35.9 Å². The first-order valence-electron chi connectivity index (χ1n) is 8.98. The number of methoxy groups -OCH3 is 1. The van der Waals surface area contributed by atoms with Crippen molar-refractivity contribution in [2.45, 2.75) is 19.9 Å². The first-order chi connectivity index (χ1) is 12.6. The molecule has 2 N–H and O–H groups in total. The number of carbonyl (C=O) groups is 1. The third-order valence-corrected chi connectivity index (χ3v) is 3.82. The highest BCUT2D eigenvalue weighted by Gasteiger charge is 2.06. The second-order valence-electron chi connectivity index (χ2n) is 5.92. The zero-order chi connectivity index (χ0) is 19.2. The molecule has 0 unspecified atom stereocenters. The van der Waals surface area contributed by atoms with Gasteiger partial charge in [0, 0.05) is 46.9 Å². The van der Waals surface area contributed by atoms with Crippen molar-refractivity contribution in [1.82, 2.24) is 15.5 Å². The number of benzene rings is 1. The minimum absolute atomic E-state index is 0. The molecule has 1 aromatic carbocycles. The molecule has 0 aliphatic heterocycles. The quantitative estimate of drug-likeness (QED) is 0.162. The smallest absolute Gasteiger partial charge is 0.338 e. The molecule has 0 saturated heterocycles. The van der Waals surface area contributed by atoms with E-state index in [1.54, 1.807) is 33.2 Å². The van der Waals surface area contributed by atoms with Gasteiger partial charge >= 0.3 is 5.97 Å². The normalized spacial score (nSPS) is 11.1. The van der Waals surface area contributed by atoms with E-state index in [1.165, 1.54) is 0 Å². The second kappa shape index (κ2) is 15.6. The van der Waals surface area contributed by atoms with Crippen molar-refractivity contribution in [1.29, 1.82) is 0 Å². The summed E-state index contributed by atoms with van der Waals surface area (Å²) in [6, 6.07) is 7.38. The Balaban J connectivity index is 0.00000676. The number of aliphatic imine (C=N–C) groups is 1. The first kappa shape index (κ1) is 25.6. The summed E-state index contributed by atoms with van der Waals surface area (Å²) in [5, 5.41) is 6.57. The van der Waals surface area contributed by atoms with Gasteiger partial charge in [0.15, 0.2) is 5.96 Å². The maximum absolute atomic E-state index is 11.6. The Bertz CT molecular complexity index is 552. The summed E-state index contributed by atoms with van der Waals surface area (Å²) in [6.07, 6.45) is 1.03. The topological polar surface area (TPSA) is 75.2 Å². The third kappa shape index (κ3) is 11.1. The van der Waals surface area contributed by atoms with Gasteiger partial charge in [0.25, 0.3) is 0 Å². The molecule has 0 radical (unpaired) electrons. The van der Waals surface area contributed by atoms with Crippen molar-refractivity contribution in [2.75, 3.05) is 54.1 Å². The number of esters is 1. The first-order valence-corrected chi connectivity index (χ1v) is 8.98. The fourth-order valence-corrected chi connectivity index (χ4v) is 2.34. The highest BCUT2D eigenvalue weighted by molar-refractivity contribution is 14.0. The molecule has 154 valence electrons. The second-order valence-corrected chi connectivity index (χ2v) is 5.92. The minimum Gasteiger partial charge on any atom is -0.462 e. The fraction of sp³-hybridized carbons (Fsp3) is 0.579. The Labute approximate surface area is 179 Å². The molecule has 0 saturated carbocycles. The summed E-state index contributed by atoms with van der Waals surface area (Å²) in [4.78, 5) is 18.1. The van der Waals surface area contributed by atoms with E-state index >= 15 is 0 Å². The van der Waals surface area contributed by atoms with Gasteiger partial charge in [-0.3, -0.25) is 4.99 Å². The summed E-state index contributed by atoms with van der Waals surface area (Å²) in [5.41, 5.74) is 1.63. The van der Waals surface area contributed by atoms with E-state index in [1.807, 2.05) is 12.1 Å². The van der Waals surface area contributed by atoms with Gasteiger partial charge in [-0.2, -0.15) is 0 Å². The molecule has 0 spiro atoms. The van der Waals surface area contributed by atoms with Crippen LogP contribution in [0, 0.1) is 0 Å². The van der Waals surface area contributed by atoms with Crippen LogP contribution in [0.2, 0.25) is 0 Å². The van der Waals surface area contributed by atoms with Gasteiger partial charge in [-0.05, 0) is 38.1 Å². The van der Waals surface area contributed by atoms with Crippen LogP contribution in [-0.4, -0.2) is 70.9 Å². The van der Waals surface area contributed by atoms with Crippen LogP contribution in [-0.2, 0) is 16.0 Å². The zero-order valence-electron chi connectivity index (χ0n) is 16.8. The Hall–Kier alpha value is -1.39. The number of guanidine groups is 1. The molecular weight excluding hydrogens is 459 g/mol. The van der Waals surface area contributed by atoms with E-state index in [2.05, 4.69) is 27.6 Å². The van der Waals surface area contributed by atoms with Gasteiger partial charge in [0.1, 0.15) is 0 Å². The number of carbonyl (C=O) groups excluding carboxylic acids is 1. The van der Waals surface area contributed by atoms with Crippen LogP contribution in [0.5, 0.6) is 0 Å². The number of likely N-dealkylation sites (N-methyl/N-ethyl adjacent to an activating group) is 1. The van der Waals surface area contributed by atoms with Gasteiger partial charge in [-0.15, -0.1) is 24.0 Å². The molecule has 0 aliphatic carbocycles. The molecule has 0 fully saturated rings. The Morgan fingerprint density at radius 2 is 1.89 bits per heavy atom. The Morgan fingerprint density at radius 3 is 2.48 bits per heavy atom. The molecule has 0 aromatic heterocycles. The summed E-state index contributed by atoms with van der Waals surface area (Å²) in [6.45, 7) is 6.35. The fourth-order valence-electron chi connectivity index (χ4n) is 2.34. The van der Waals surface area contributed by atoms with Crippen molar-refractivity contribution < 1.29 is 14.3 Å². The molecule has 0 aliphatic rings. The lowest BCUT2D eigenvalue weighted by molar-refractivity contribution is 0.0526. The van der Waals surface area contributed by atoms with E-state index in [-0.39, 0.29) is 29.9 Å². The van der Waals surface area contributed by atoms with Crippen molar-refractivity contribution in [3.8, 4) is 0 Å². The molecule has 27 heavy (non-hydrogen) atoms. The van der Waals surface area contributed by atoms with Crippen molar-refractivity contribution in [3.63, 3.8) is 0 Å². The van der Waals surface area contributed by atoms with Crippen LogP contribution in [0.15, 0.2) is 29.3 Å². The summed E-state index contributed by atoms with van der Waals surface area (Å²) < 4.78 is 10.0. The molecule has 1 rings (SSSR count). The summed E-state index contributed by atoms with van der Waals surface area (Å²) >= 11 is 0. The lowest BCUT2D eigenvalue weighted by atomic mass is 10.1. The number of nitrogens with one attached hydrogen (secondary N) is 2. The van der Waals surface area contributed by atoms with Crippen LogP contribution >= 0.6 is 24.0 Å². The van der Waals surface area contributed by atoms with Gasteiger partial charge in [-0.1, -0.05) is 12.1 Å². The number of nitrogens with zero attached hydrogens (tertiary/aromatic N) is 2. The standard InChI is InChI=1S/C19H32N4O3.HI/c1-5-26-18(24)17-9-7-16(8-10-17)15-22-19(20-2)21-11-13-23(3)12-6-14-25-4;/h7-10H,5-6,11-15H2,1-4H3,(H2,20,21,22);1H. The van der Waals surface area contributed by atoms with Crippen LogP contribution in [0.4, 0.5) is 0 Å². The molecule has 1 aromatic rings. The average Bonchev–Trinajstić information content (AvgIpc) is 2.65. The van der Waals surface area contributed by atoms with E-state index in [4.69, 9.17) is 9.47 Å². The minimum atomic E-state index is -0.292. The van der Waals surface area contributed by atoms with Crippen LogP contribution in [0.1, 0.15) is 29.3 Å². The predicted molar refractivity (Wildman–Crippen MR) is 120 cm³/mol. The predicted octanol–water partition coefficient (Wildman–Crippen LogP) is 2.11. The van der Waals surface area contributed by atoms with Crippen molar-refractivity contribution in [3.05, 3.63) is 35.4 Å². The molecule has 0 atom stereocenters. The highest BCUT2D eigenvalue weighted by atomic mass is 127. The van der Waals surface area contributed by atoms with Crippen LogP contribution in [0.3, 0.4) is 0 Å². The number of hydrogen-bond donors (Lipinski definition) is 2. The van der Waals surface area contributed by atoms with Crippen molar-refractivity contribution in [2.24, 2.45) is 4.99 Å². The number of rotatable bonds is 11. The molecule has 0 heterocycles. The van der Waals surface area contributed by atoms with Crippen LogP contribution in [0.25, 0.3) is 0 Å². The van der Waals surface area contributed by atoms with E-state index < -0.39 is 0 Å². The van der Waals surface area contributed by atoms with Gasteiger partial charge in [0.2, 0.25) is 0 Å². The van der Waals surface area contributed by atoms with E-state index in [0.29, 0.717) is 18.7 Å². The molecule has 0 bridgehead atoms. The molecule has 0 amide bonds. The monoisotopic (exact) mass is 492 g/mol. The maximum Gasteiger partial charge on any atom is 0.338 e. The lowest BCUT2D eigenvalue weighted by Crippen LogP contribution is -2.40. The largest absolute Gasteiger partial charge is 0.462 e. The van der Waals surface area contributed by atoms with Crippen LogP contribution < -0.4 is 10.6 Å². The van der Waals surface area contributed by atoms with E-state index in [0.717, 1.165) is 44.2 Å². The number of halogens is 1. The van der Waals surface area contributed by atoms with Gasteiger partial charge < -0.3 is 25.0 Å². The number of ether oxygens (including phenoxy) is 2.